The molecule has 2 heterocycles. The molecule has 0 saturated carbocycles. The fourth-order valence-electron chi connectivity index (χ4n) is 3.45. The van der Waals surface area contributed by atoms with E-state index in [2.05, 4.69) is 15.3 Å². The normalized spacial score (nSPS) is 12.4. The van der Waals surface area contributed by atoms with Gasteiger partial charge in [0.2, 0.25) is 5.89 Å². The summed E-state index contributed by atoms with van der Waals surface area (Å²) in [6, 6.07) is 11.0. The van der Waals surface area contributed by atoms with Gasteiger partial charge in [0.05, 0.1) is 12.2 Å². The van der Waals surface area contributed by atoms with Crippen molar-refractivity contribution in [2.45, 2.75) is 26.1 Å². The van der Waals surface area contributed by atoms with E-state index in [-0.39, 0.29) is 11.5 Å². The van der Waals surface area contributed by atoms with Gasteiger partial charge in [-0.3, -0.25) is 9.78 Å². The van der Waals surface area contributed by atoms with Gasteiger partial charge in [-0.05, 0) is 60.9 Å². The van der Waals surface area contributed by atoms with Crippen molar-refractivity contribution in [1.29, 1.82) is 0 Å². The lowest BCUT2D eigenvalue weighted by molar-refractivity contribution is -0.141. The molecule has 0 unspecified atom stereocenters. The first kappa shape index (κ1) is 23.2. The summed E-state index contributed by atoms with van der Waals surface area (Å²) in [5, 5.41) is 2.74. The molecule has 1 atom stereocenters. The van der Waals surface area contributed by atoms with Gasteiger partial charge in [0, 0.05) is 22.9 Å². The lowest BCUT2D eigenvalue weighted by atomic mass is 9.97. The van der Waals surface area contributed by atoms with E-state index < -0.39 is 29.6 Å². The highest BCUT2D eigenvalue weighted by atomic mass is 19.4. The summed E-state index contributed by atoms with van der Waals surface area (Å²) in [7, 11) is 0. The minimum atomic E-state index is -4.55. The Bertz CT molecular complexity index is 1320. The molecule has 0 aliphatic heterocycles. The zero-order valence-electron chi connectivity index (χ0n) is 18.2. The summed E-state index contributed by atoms with van der Waals surface area (Å²) < 4.78 is 58.3. The maximum atomic E-state index is 14.7. The van der Waals surface area contributed by atoms with Crippen molar-refractivity contribution in [3.8, 4) is 22.6 Å². The average Bonchev–Trinajstić information content (AvgIpc) is 3.33. The highest BCUT2D eigenvalue weighted by molar-refractivity contribution is 5.97. The number of hydrogen-bond donors (Lipinski definition) is 1. The highest BCUT2D eigenvalue weighted by Crippen LogP contribution is 2.31. The van der Waals surface area contributed by atoms with Crippen LogP contribution in [0.1, 0.15) is 40.1 Å². The number of carbonyl (C=O) groups excluding carboxylic acids is 1. The molecule has 0 radical (unpaired) electrons. The number of pyridine rings is 1. The van der Waals surface area contributed by atoms with Crippen LogP contribution in [-0.2, 0) is 6.18 Å². The first-order chi connectivity index (χ1) is 16.1. The Morgan fingerprint density at radius 3 is 2.41 bits per heavy atom. The van der Waals surface area contributed by atoms with E-state index in [9.17, 15) is 22.4 Å². The molecule has 0 bridgehead atoms. The van der Waals surface area contributed by atoms with Crippen molar-refractivity contribution in [3.63, 3.8) is 0 Å². The van der Waals surface area contributed by atoms with E-state index in [1.165, 1.54) is 30.7 Å². The first-order valence-corrected chi connectivity index (χ1v) is 10.3. The molecule has 1 N–H and O–H groups in total. The Morgan fingerprint density at radius 2 is 1.79 bits per heavy atom. The molecule has 2 aromatic heterocycles. The Morgan fingerprint density at radius 1 is 1.03 bits per heavy atom. The monoisotopic (exact) mass is 469 g/mol. The second-order valence-electron chi connectivity index (χ2n) is 7.79. The van der Waals surface area contributed by atoms with Crippen molar-refractivity contribution in [2.24, 2.45) is 0 Å². The minimum Gasteiger partial charge on any atom is -0.445 e. The van der Waals surface area contributed by atoms with Gasteiger partial charge < -0.3 is 9.73 Å². The Labute approximate surface area is 192 Å². The zero-order chi connectivity index (χ0) is 24.5. The highest BCUT2D eigenvalue weighted by Gasteiger charge is 2.32. The number of oxazole rings is 1. The Balaban J connectivity index is 1.66. The van der Waals surface area contributed by atoms with Crippen molar-refractivity contribution >= 4 is 5.91 Å². The second-order valence-corrected chi connectivity index (χ2v) is 7.79. The topological polar surface area (TPSA) is 68.0 Å². The lowest BCUT2D eigenvalue weighted by Crippen LogP contribution is -2.27. The number of hydrogen-bond acceptors (Lipinski definition) is 4. The summed E-state index contributed by atoms with van der Waals surface area (Å²) in [5.41, 5.74) is 1.55. The van der Waals surface area contributed by atoms with Gasteiger partial charge in [0.1, 0.15) is 17.8 Å². The van der Waals surface area contributed by atoms with E-state index in [1.807, 2.05) is 0 Å². The Hall–Kier alpha value is -4.01. The minimum absolute atomic E-state index is 0.206. The summed E-state index contributed by atoms with van der Waals surface area (Å²) in [4.78, 5) is 20.6. The number of carbonyl (C=O) groups is 1. The maximum Gasteiger partial charge on any atom is 0.433 e. The van der Waals surface area contributed by atoms with Gasteiger partial charge in [-0.1, -0.05) is 18.2 Å². The molecule has 0 aliphatic carbocycles. The third kappa shape index (κ3) is 4.98. The standard InChI is InChI=1S/C25H19F4N3O2/c1-14-3-5-20(21(26)9-14)17-10-18(12-19(11-17)24-30-7-8-34-24)23(33)32-15(2)16-4-6-22(31-13-16)25(27,28)29/h3-13,15H,1-2H3,(H,32,33)/t15-/m1/s1. The van der Waals surface area contributed by atoms with E-state index in [1.54, 1.807) is 38.1 Å². The number of alkyl halides is 3. The summed E-state index contributed by atoms with van der Waals surface area (Å²) in [6.45, 7) is 3.40. The van der Waals surface area contributed by atoms with Crippen LogP contribution in [0.25, 0.3) is 22.6 Å². The molecule has 2 aromatic carbocycles. The van der Waals surface area contributed by atoms with Gasteiger partial charge in [-0.2, -0.15) is 13.2 Å². The van der Waals surface area contributed by atoms with Crippen LogP contribution in [0.4, 0.5) is 17.6 Å². The number of rotatable bonds is 5. The van der Waals surface area contributed by atoms with Crippen molar-refractivity contribution in [3.05, 3.63) is 95.4 Å². The summed E-state index contributed by atoms with van der Waals surface area (Å²) in [6.07, 6.45) is -0.640. The second kappa shape index (κ2) is 9.09. The third-order valence-corrected chi connectivity index (χ3v) is 5.23. The van der Waals surface area contributed by atoms with Crippen LogP contribution in [0.5, 0.6) is 0 Å². The predicted molar refractivity (Wildman–Crippen MR) is 117 cm³/mol. The fourth-order valence-corrected chi connectivity index (χ4v) is 3.45. The van der Waals surface area contributed by atoms with Crippen LogP contribution in [0.3, 0.4) is 0 Å². The van der Waals surface area contributed by atoms with Crippen LogP contribution < -0.4 is 5.32 Å². The van der Waals surface area contributed by atoms with Gasteiger partial charge in [0.25, 0.3) is 5.91 Å². The molecule has 1 amide bonds. The maximum absolute atomic E-state index is 14.7. The third-order valence-electron chi connectivity index (χ3n) is 5.23. The van der Waals surface area contributed by atoms with Crippen molar-refractivity contribution < 1.29 is 26.8 Å². The summed E-state index contributed by atoms with van der Waals surface area (Å²) in [5.74, 6) is -0.696. The van der Waals surface area contributed by atoms with E-state index in [0.29, 0.717) is 22.3 Å². The quantitative estimate of drug-likeness (QED) is 0.345. The van der Waals surface area contributed by atoms with Crippen molar-refractivity contribution in [1.82, 2.24) is 15.3 Å². The molecule has 0 spiro atoms. The van der Waals surface area contributed by atoms with Gasteiger partial charge in [-0.25, -0.2) is 9.37 Å². The van der Waals surface area contributed by atoms with Gasteiger partial charge >= 0.3 is 6.18 Å². The number of nitrogens with zero attached hydrogens (tertiary/aromatic N) is 2. The molecular weight excluding hydrogens is 450 g/mol. The van der Waals surface area contributed by atoms with Gasteiger partial charge in [0.15, 0.2) is 0 Å². The Kier molecular flexibility index (Phi) is 6.19. The molecule has 0 aliphatic rings. The molecule has 34 heavy (non-hydrogen) atoms. The van der Waals surface area contributed by atoms with E-state index in [4.69, 9.17) is 4.42 Å². The smallest absolute Gasteiger partial charge is 0.433 e. The van der Waals surface area contributed by atoms with E-state index in [0.717, 1.165) is 17.8 Å². The molecule has 9 heteroatoms. The largest absolute Gasteiger partial charge is 0.445 e. The van der Waals surface area contributed by atoms with Crippen LogP contribution in [0, 0.1) is 12.7 Å². The number of aryl methyl sites for hydroxylation is 1. The lowest BCUT2D eigenvalue weighted by Gasteiger charge is -2.16. The predicted octanol–water partition coefficient (Wildman–Crippen LogP) is 6.36. The van der Waals surface area contributed by atoms with Crippen LogP contribution in [-0.4, -0.2) is 15.9 Å². The van der Waals surface area contributed by atoms with Crippen LogP contribution in [0.15, 0.2) is 71.6 Å². The average molecular weight is 469 g/mol. The SMILES string of the molecule is Cc1ccc(-c2cc(C(=O)N[C@H](C)c3ccc(C(F)(F)F)nc3)cc(-c3ncco3)c2)c(F)c1. The number of aromatic nitrogens is 2. The zero-order valence-corrected chi connectivity index (χ0v) is 18.2. The molecule has 0 saturated heterocycles. The number of amides is 1. The van der Waals surface area contributed by atoms with E-state index >= 15 is 0 Å². The number of benzene rings is 2. The molecular formula is C25H19F4N3O2. The first-order valence-electron chi connectivity index (χ1n) is 10.3. The number of halogens is 4. The van der Waals surface area contributed by atoms with Crippen molar-refractivity contribution in [2.75, 3.05) is 0 Å². The molecule has 4 rings (SSSR count). The summed E-state index contributed by atoms with van der Waals surface area (Å²) >= 11 is 0. The molecule has 5 nitrogen and oxygen atoms in total. The molecule has 0 fully saturated rings. The van der Waals surface area contributed by atoms with Crippen LogP contribution in [0.2, 0.25) is 0 Å². The fraction of sp³-hybridized carbons (Fsp3) is 0.160. The number of nitrogens with one attached hydrogen (secondary N) is 1. The molecule has 4 aromatic rings. The van der Waals surface area contributed by atoms with Gasteiger partial charge in [-0.15, -0.1) is 0 Å². The van der Waals surface area contributed by atoms with Crippen LogP contribution >= 0.6 is 0 Å². The molecule has 174 valence electrons.